The lowest BCUT2D eigenvalue weighted by molar-refractivity contribution is 0.350. The number of nitrogens with two attached hydrogens (primary N) is 1. The first kappa shape index (κ1) is 10.7. The Morgan fingerprint density at radius 1 is 1.47 bits per heavy atom. The quantitative estimate of drug-likeness (QED) is 0.639. The van der Waals surface area contributed by atoms with Gasteiger partial charge in [0.05, 0.1) is 18.2 Å². The standard InChI is InChI=1S/C12H13N3OS/c13-15-11(10-6-14-7-17-10)9-3-1-2-8-4-5-16-12(8)9/h1-3,6-7,11,15H,4-5,13H2. The van der Waals surface area contributed by atoms with Gasteiger partial charge in [0.2, 0.25) is 0 Å². The fraction of sp³-hybridized carbons (Fsp3) is 0.250. The first-order valence-electron chi connectivity index (χ1n) is 5.49. The Balaban J connectivity index is 2.06. The summed E-state index contributed by atoms with van der Waals surface area (Å²) in [5.41, 5.74) is 7.00. The number of thiazole rings is 1. The molecule has 0 fully saturated rings. The second kappa shape index (κ2) is 4.44. The van der Waals surface area contributed by atoms with Gasteiger partial charge in [-0.15, -0.1) is 11.3 Å². The van der Waals surface area contributed by atoms with Crippen molar-refractivity contribution in [1.29, 1.82) is 0 Å². The highest BCUT2D eigenvalue weighted by molar-refractivity contribution is 7.09. The minimum absolute atomic E-state index is 0.0458. The van der Waals surface area contributed by atoms with Crippen LogP contribution in [0.15, 0.2) is 29.9 Å². The molecule has 0 aliphatic carbocycles. The Hall–Kier alpha value is -1.43. The molecule has 0 saturated carbocycles. The van der Waals surface area contributed by atoms with Gasteiger partial charge in [0.1, 0.15) is 5.75 Å². The summed E-state index contributed by atoms with van der Waals surface area (Å²) in [4.78, 5) is 5.19. The first-order chi connectivity index (χ1) is 8.40. The zero-order valence-electron chi connectivity index (χ0n) is 9.22. The molecule has 3 rings (SSSR count). The van der Waals surface area contributed by atoms with Crippen molar-refractivity contribution < 1.29 is 4.74 Å². The molecule has 0 spiro atoms. The van der Waals surface area contributed by atoms with Crippen LogP contribution in [0.2, 0.25) is 0 Å². The molecule has 2 aromatic rings. The van der Waals surface area contributed by atoms with Crippen LogP contribution in [-0.2, 0) is 6.42 Å². The molecule has 4 nitrogen and oxygen atoms in total. The molecule has 0 amide bonds. The van der Waals surface area contributed by atoms with E-state index in [0.717, 1.165) is 29.2 Å². The molecule has 17 heavy (non-hydrogen) atoms. The van der Waals surface area contributed by atoms with Gasteiger partial charge in [-0.05, 0) is 5.56 Å². The van der Waals surface area contributed by atoms with E-state index in [4.69, 9.17) is 10.6 Å². The normalized spacial score (nSPS) is 15.4. The number of hydrogen-bond acceptors (Lipinski definition) is 5. The van der Waals surface area contributed by atoms with Crippen molar-refractivity contribution in [1.82, 2.24) is 10.4 Å². The third-order valence-electron chi connectivity index (χ3n) is 2.96. The number of nitrogens with one attached hydrogen (secondary N) is 1. The van der Waals surface area contributed by atoms with Crippen LogP contribution in [0.25, 0.3) is 0 Å². The van der Waals surface area contributed by atoms with Gasteiger partial charge >= 0.3 is 0 Å². The van der Waals surface area contributed by atoms with Crippen molar-refractivity contribution in [3.63, 3.8) is 0 Å². The predicted octanol–water partition coefficient (Wildman–Crippen LogP) is 1.63. The van der Waals surface area contributed by atoms with E-state index in [1.807, 2.05) is 17.8 Å². The smallest absolute Gasteiger partial charge is 0.127 e. The van der Waals surface area contributed by atoms with Gasteiger partial charge in [0.15, 0.2) is 0 Å². The number of benzene rings is 1. The number of rotatable bonds is 3. The van der Waals surface area contributed by atoms with Crippen molar-refractivity contribution in [2.24, 2.45) is 5.84 Å². The van der Waals surface area contributed by atoms with Crippen LogP contribution in [0.4, 0.5) is 0 Å². The third kappa shape index (κ3) is 1.82. The van der Waals surface area contributed by atoms with Crippen molar-refractivity contribution in [2.75, 3.05) is 6.61 Å². The van der Waals surface area contributed by atoms with Gasteiger partial charge in [-0.2, -0.15) is 0 Å². The van der Waals surface area contributed by atoms with Gasteiger partial charge in [-0.25, -0.2) is 5.43 Å². The van der Waals surface area contributed by atoms with Crippen LogP contribution >= 0.6 is 11.3 Å². The molecule has 1 aromatic carbocycles. The van der Waals surface area contributed by atoms with Crippen LogP contribution in [0.3, 0.4) is 0 Å². The Bertz CT molecular complexity index is 512. The molecule has 3 N–H and O–H groups in total. The number of ether oxygens (including phenoxy) is 1. The van der Waals surface area contributed by atoms with E-state index >= 15 is 0 Å². The van der Waals surface area contributed by atoms with Gasteiger partial charge in [-0.1, -0.05) is 18.2 Å². The summed E-state index contributed by atoms with van der Waals surface area (Å²) in [6.45, 7) is 0.756. The maximum atomic E-state index is 5.70. The highest BCUT2D eigenvalue weighted by Gasteiger charge is 2.23. The second-order valence-electron chi connectivity index (χ2n) is 3.94. The van der Waals surface area contributed by atoms with Crippen molar-refractivity contribution >= 4 is 11.3 Å². The molecule has 1 aliphatic heterocycles. The molecular formula is C12H13N3OS. The lowest BCUT2D eigenvalue weighted by Gasteiger charge is -2.17. The number of para-hydroxylation sites is 1. The van der Waals surface area contributed by atoms with Crippen LogP contribution < -0.4 is 16.0 Å². The molecule has 0 radical (unpaired) electrons. The van der Waals surface area contributed by atoms with Gasteiger partial charge in [0.25, 0.3) is 0 Å². The topological polar surface area (TPSA) is 60.2 Å². The van der Waals surface area contributed by atoms with Crippen LogP contribution in [0, 0.1) is 0 Å². The lowest BCUT2D eigenvalue weighted by atomic mass is 10.0. The highest BCUT2D eigenvalue weighted by atomic mass is 32.1. The molecule has 0 bridgehead atoms. The fourth-order valence-corrected chi connectivity index (χ4v) is 2.86. The lowest BCUT2D eigenvalue weighted by Crippen LogP contribution is -2.28. The average molecular weight is 247 g/mol. The van der Waals surface area contributed by atoms with E-state index in [1.54, 1.807) is 11.3 Å². The summed E-state index contributed by atoms with van der Waals surface area (Å²) in [7, 11) is 0. The summed E-state index contributed by atoms with van der Waals surface area (Å²) in [5, 5.41) is 0. The number of hydrogen-bond donors (Lipinski definition) is 2. The predicted molar refractivity (Wildman–Crippen MR) is 66.9 cm³/mol. The zero-order valence-corrected chi connectivity index (χ0v) is 10.0. The number of aromatic nitrogens is 1. The maximum absolute atomic E-state index is 5.70. The summed E-state index contributed by atoms with van der Waals surface area (Å²) in [6.07, 6.45) is 2.81. The monoisotopic (exact) mass is 247 g/mol. The largest absolute Gasteiger partial charge is 0.493 e. The van der Waals surface area contributed by atoms with Crippen LogP contribution in [0.5, 0.6) is 5.75 Å². The number of nitrogens with zero attached hydrogens (tertiary/aromatic N) is 1. The Morgan fingerprint density at radius 2 is 2.41 bits per heavy atom. The summed E-state index contributed by atoms with van der Waals surface area (Å²) in [6, 6.07) is 6.16. The van der Waals surface area contributed by atoms with Crippen molar-refractivity contribution in [3.05, 3.63) is 45.9 Å². The van der Waals surface area contributed by atoms with E-state index in [9.17, 15) is 0 Å². The Morgan fingerprint density at radius 3 is 3.18 bits per heavy atom. The molecule has 0 saturated heterocycles. The first-order valence-corrected chi connectivity index (χ1v) is 6.37. The highest BCUT2D eigenvalue weighted by Crippen LogP contribution is 2.36. The molecule has 88 valence electrons. The van der Waals surface area contributed by atoms with Crippen LogP contribution in [0.1, 0.15) is 22.0 Å². The van der Waals surface area contributed by atoms with Gasteiger partial charge < -0.3 is 4.74 Å². The molecule has 1 aromatic heterocycles. The summed E-state index contributed by atoms with van der Waals surface area (Å²) >= 11 is 1.59. The Kier molecular flexibility index (Phi) is 2.80. The van der Waals surface area contributed by atoms with Crippen LogP contribution in [-0.4, -0.2) is 11.6 Å². The average Bonchev–Trinajstić information content (AvgIpc) is 3.00. The molecule has 1 unspecified atom stereocenters. The number of hydrazine groups is 1. The molecular weight excluding hydrogens is 234 g/mol. The molecule has 1 atom stereocenters. The van der Waals surface area contributed by atoms with Crippen molar-refractivity contribution in [3.8, 4) is 5.75 Å². The van der Waals surface area contributed by atoms with E-state index in [1.165, 1.54) is 5.56 Å². The fourth-order valence-electron chi connectivity index (χ4n) is 2.16. The minimum Gasteiger partial charge on any atom is -0.493 e. The molecule has 1 aliphatic rings. The summed E-state index contributed by atoms with van der Waals surface area (Å²) < 4.78 is 5.70. The van der Waals surface area contributed by atoms with E-state index < -0.39 is 0 Å². The van der Waals surface area contributed by atoms with Crippen molar-refractivity contribution in [2.45, 2.75) is 12.5 Å². The van der Waals surface area contributed by atoms with E-state index in [0.29, 0.717) is 0 Å². The second-order valence-corrected chi connectivity index (χ2v) is 4.86. The maximum Gasteiger partial charge on any atom is 0.127 e. The van der Waals surface area contributed by atoms with Gasteiger partial charge in [-0.3, -0.25) is 10.8 Å². The zero-order chi connectivity index (χ0) is 11.7. The third-order valence-corrected chi connectivity index (χ3v) is 3.80. The minimum atomic E-state index is -0.0458. The Labute approximate surface area is 103 Å². The van der Waals surface area contributed by atoms with E-state index in [2.05, 4.69) is 22.5 Å². The SMILES string of the molecule is NNC(c1cncs1)c1cccc2c1OCC2. The molecule has 5 heteroatoms. The van der Waals surface area contributed by atoms with Gasteiger partial charge in [0, 0.05) is 23.1 Å². The molecule has 2 heterocycles. The van der Waals surface area contributed by atoms with E-state index in [-0.39, 0.29) is 6.04 Å². The number of fused-ring (bicyclic) bond motifs is 1. The summed E-state index contributed by atoms with van der Waals surface area (Å²) in [5.74, 6) is 6.64.